The third-order valence-corrected chi connectivity index (χ3v) is 5.73. The van der Waals surface area contributed by atoms with Gasteiger partial charge < -0.3 is 9.84 Å². The summed E-state index contributed by atoms with van der Waals surface area (Å²) in [7, 11) is -2.39. The maximum Gasteiger partial charge on any atom is 0.305 e. The van der Waals surface area contributed by atoms with E-state index in [1.807, 2.05) is 6.92 Å². The maximum atomic E-state index is 13.1. The number of hydrogen-bond acceptors (Lipinski definition) is 4. The number of carboxylic acid groups (broad SMARTS) is 1. The number of aliphatic carboxylic acids is 1. The van der Waals surface area contributed by atoms with E-state index in [1.165, 1.54) is 19.2 Å². The van der Waals surface area contributed by atoms with Crippen molar-refractivity contribution in [1.29, 1.82) is 0 Å². The fraction of sp³-hybridized carbons (Fsp3) is 0.278. The summed E-state index contributed by atoms with van der Waals surface area (Å²) in [6.07, 6.45) is -0.308. The predicted octanol–water partition coefficient (Wildman–Crippen LogP) is 3.06. The Hall–Kier alpha value is -2.54. The monoisotopic (exact) mass is 363 g/mol. The van der Waals surface area contributed by atoms with E-state index in [2.05, 4.69) is 0 Å². The molecule has 2 aromatic carbocycles. The number of hydrogen-bond donors (Lipinski definition) is 1. The summed E-state index contributed by atoms with van der Waals surface area (Å²) in [5.41, 5.74) is 1.32. The second-order valence-electron chi connectivity index (χ2n) is 5.76. The molecule has 2 rings (SSSR count). The van der Waals surface area contributed by atoms with Gasteiger partial charge in [-0.2, -0.15) is 0 Å². The van der Waals surface area contributed by atoms with Gasteiger partial charge in [0.05, 0.1) is 30.2 Å². The molecular weight excluding hydrogens is 342 g/mol. The molecule has 0 aliphatic heterocycles. The minimum absolute atomic E-state index is 0.117. The average molecular weight is 363 g/mol. The van der Waals surface area contributed by atoms with Crippen LogP contribution in [-0.2, 0) is 14.8 Å². The molecule has 7 heteroatoms. The predicted molar refractivity (Wildman–Crippen MR) is 95.6 cm³/mol. The third kappa shape index (κ3) is 4.30. The lowest BCUT2D eigenvalue weighted by molar-refractivity contribution is -0.137. The molecule has 25 heavy (non-hydrogen) atoms. The molecule has 0 bridgehead atoms. The van der Waals surface area contributed by atoms with Gasteiger partial charge >= 0.3 is 5.97 Å². The van der Waals surface area contributed by atoms with Crippen molar-refractivity contribution >= 4 is 21.7 Å². The van der Waals surface area contributed by atoms with E-state index >= 15 is 0 Å². The van der Waals surface area contributed by atoms with E-state index in [0.717, 1.165) is 9.87 Å². The van der Waals surface area contributed by atoms with Crippen LogP contribution in [0.2, 0.25) is 0 Å². The van der Waals surface area contributed by atoms with Gasteiger partial charge in [0.25, 0.3) is 10.0 Å². The van der Waals surface area contributed by atoms with E-state index < -0.39 is 22.0 Å². The Kier molecular flexibility index (Phi) is 5.69. The van der Waals surface area contributed by atoms with Crippen molar-refractivity contribution in [2.45, 2.75) is 31.2 Å². The molecule has 0 aliphatic rings. The molecule has 0 heterocycles. The molecule has 0 fully saturated rings. The van der Waals surface area contributed by atoms with Crippen molar-refractivity contribution in [3.05, 3.63) is 54.1 Å². The van der Waals surface area contributed by atoms with Crippen LogP contribution in [-0.4, -0.2) is 32.6 Å². The normalized spacial score (nSPS) is 12.4. The number of rotatable bonds is 7. The minimum atomic E-state index is -3.91. The van der Waals surface area contributed by atoms with Crippen LogP contribution in [0.4, 0.5) is 5.69 Å². The standard InChI is InChI=1S/C18H21NO5S/c1-13-4-10-17(11-5-13)25(22,23)19(14(2)12-18(20)21)15-6-8-16(24-3)9-7-15/h4-11,14H,12H2,1-3H3,(H,20,21)/t14-/m0/s1. The van der Waals surface area contributed by atoms with Crippen molar-refractivity contribution in [1.82, 2.24) is 0 Å². The van der Waals surface area contributed by atoms with Crippen molar-refractivity contribution in [2.75, 3.05) is 11.4 Å². The Morgan fingerprint density at radius 3 is 2.16 bits per heavy atom. The van der Waals surface area contributed by atoms with Gasteiger partial charge in [0.15, 0.2) is 0 Å². The number of nitrogens with zero attached hydrogens (tertiary/aromatic N) is 1. The van der Waals surface area contributed by atoms with E-state index in [1.54, 1.807) is 43.3 Å². The molecule has 6 nitrogen and oxygen atoms in total. The first-order chi connectivity index (χ1) is 11.8. The van der Waals surface area contributed by atoms with Gasteiger partial charge in [-0.3, -0.25) is 9.10 Å². The molecule has 0 spiro atoms. The van der Waals surface area contributed by atoms with E-state index in [4.69, 9.17) is 9.84 Å². The Labute approximate surface area is 147 Å². The third-order valence-electron chi connectivity index (χ3n) is 3.78. The van der Waals surface area contributed by atoms with Crippen LogP contribution >= 0.6 is 0 Å². The molecule has 0 saturated carbocycles. The molecule has 1 atom stereocenters. The number of carboxylic acids is 1. The van der Waals surface area contributed by atoms with Gasteiger partial charge in [0, 0.05) is 0 Å². The molecule has 0 saturated heterocycles. The van der Waals surface area contributed by atoms with Crippen molar-refractivity contribution in [3.8, 4) is 5.75 Å². The number of aryl methyl sites for hydroxylation is 1. The van der Waals surface area contributed by atoms with E-state index in [9.17, 15) is 13.2 Å². The van der Waals surface area contributed by atoms with Crippen LogP contribution < -0.4 is 9.04 Å². The van der Waals surface area contributed by atoms with Crippen LogP contribution in [0, 0.1) is 6.92 Å². The minimum Gasteiger partial charge on any atom is -0.497 e. The molecule has 0 radical (unpaired) electrons. The van der Waals surface area contributed by atoms with Crippen molar-refractivity contribution < 1.29 is 23.1 Å². The maximum absolute atomic E-state index is 13.1. The van der Waals surface area contributed by atoms with E-state index in [-0.39, 0.29) is 11.3 Å². The van der Waals surface area contributed by atoms with Crippen LogP contribution in [0.15, 0.2) is 53.4 Å². The quantitative estimate of drug-likeness (QED) is 0.817. The Morgan fingerprint density at radius 1 is 1.12 bits per heavy atom. The molecule has 0 aromatic heterocycles. The lowest BCUT2D eigenvalue weighted by Gasteiger charge is -2.30. The van der Waals surface area contributed by atoms with Crippen LogP contribution in [0.25, 0.3) is 0 Å². The van der Waals surface area contributed by atoms with Crippen molar-refractivity contribution in [3.63, 3.8) is 0 Å². The van der Waals surface area contributed by atoms with Crippen LogP contribution in [0.3, 0.4) is 0 Å². The van der Waals surface area contributed by atoms with Gasteiger partial charge in [-0.25, -0.2) is 8.42 Å². The largest absolute Gasteiger partial charge is 0.497 e. The summed E-state index contributed by atoms with van der Waals surface area (Å²) in [5.74, 6) is -0.479. The van der Waals surface area contributed by atoms with Crippen LogP contribution in [0.1, 0.15) is 18.9 Å². The Balaban J connectivity index is 2.52. The number of methoxy groups -OCH3 is 1. The summed E-state index contributed by atoms with van der Waals surface area (Å²) < 4.78 is 32.5. The van der Waals surface area contributed by atoms with Crippen LogP contribution in [0.5, 0.6) is 5.75 Å². The van der Waals surface area contributed by atoms with Crippen molar-refractivity contribution in [2.24, 2.45) is 0 Å². The second-order valence-corrected chi connectivity index (χ2v) is 7.57. The van der Waals surface area contributed by atoms with Gasteiger partial charge in [-0.05, 0) is 50.2 Å². The highest BCUT2D eigenvalue weighted by Gasteiger charge is 2.30. The Bertz CT molecular complexity index is 829. The molecule has 1 N–H and O–H groups in total. The summed E-state index contributed by atoms with van der Waals surface area (Å²) >= 11 is 0. The zero-order valence-electron chi connectivity index (χ0n) is 14.3. The average Bonchev–Trinajstić information content (AvgIpc) is 2.55. The number of benzene rings is 2. The topological polar surface area (TPSA) is 83.9 Å². The second kappa shape index (κ2) is 7.57. The van der Waals surface area contributed by atoms with Gasteiger partial charge in [-0.1, -0.05) is 17.7 Å². The number of anilines is 1. The number of ether oxygens (including phenoxy) is 1. The number of sulfonamides is 1. The SMILES string of the molecule is COc1ccc(N([C@@H](C)CC(=O)O)S(=O)(=O)c2ccc(C)cc2)cc1. The van der Waals surface area contributed by atoms with E-state index in [0.29, 0.717) is 11.4 Å². The molecule has 0 aliphatic carbocycles. The number of carbonyl (C=O) groups is 1. The lowest BCUT2D eigenvalue weighted by atomic mass is 10.2. The van der Waals surface area contributed by atoms with Gasteiger partial charge in [-0.15, -0.1) is 0 Å². The highest BCUT2D eigenvalue weighted by atomic mass is 32.2. The smallest absolute Gasteiger partial charge is 0.305 e. The highest BCUT2D eigenvalue weighted by Crippen LogP contribution is 2.29. The van der Waals surface area contributed by atoms with Gasteiger partial charge in [0.2, 0.25) is 0 Å². The summed E-state index contributed by atoms with van der Waals surface area (Å²) in [4.78, 5) is 11.2. The molecular formula is C18H21NO5S. The zero-order chi connectivity index (χ0) is 18.6. The molecule has 134 valence electrons. The fourth-order valence-corrected chi connectivity index (χ4v) is 4.17. The molecule has 0 unspecified atom stereocenters. The fourth-order valence-electron chi connectivity index (χ4n) is 2.52. The summed E-state index contributed by atoms with van der Waals surface area (Å²) in [5, 5.41) is 9.09. The first-order valence-electron chi connectivity index (χ1n) is 7.72. The zero-order valence-corrected chi connectivity index (χ0v) is 15.2. The van der Waals surface area contributed by atoms with Gasteiger partial charge in [0.1, 0.15) is 5.75 Å². The summed E-state index contributed by atoms with van der Waals surface area (Å²) in [6.45, 7) is 3.44. The molecule has 2 aromatic rings. The highest BCUT2D eigenvalue weighted by molar-refractivity contribution is 7.92. The first-order valence-corrected chi connectivity index (χ1v) is 9.16. The lowest BCUT2D eigenvalue weighted by Crippen LogP contribution is -2.40. The summed E-state index contributed by atoms with van der Waals surface area (Å²) in [6, 6.07) is 12.2. The molecule has 0 amide bonds. The first kappa shape index (κ1) is 18.8. The Morgan fingerprint density at radius 2 is 1.68 bits per heavy atom.